The van der Waals surface area contributed by atoms with Crippen LogP contribution in [-0.4, -0.2) is 35.6 Å². The average Bonchev–Trinajstić information content (AvgIpc) is 2.68. The standard InChI is InChI=1S/C10H13BrN2O3S/c1-13(5-4-9(14)15)10(16)12-6-7-2-3-8(11)17-7/h2-3H,4-6H2,1H3,(H,12,16)(H,14,15). The van der Waals surface area contributed by atoms with E-state index in [1.54, 1.807) is 18.4 Å². The molecule has 0 aliphatic heterocycles. The van der Waals surface area contributed by atoms with Crippen LogP contribution in [0.2, 0.25) is 0 Å². The van der Waals surface area contributed by atoms with Gasteiger partial charge in [-0.25, -0.2) is 4.79 Å². The van der Waals surface area contributed by atoms with Crippen LogP contribution in [0.25, 0.3) is 0 Å². The zero-order chi connectivity index (χ0) is 12.8. The molecule has 0 saturated heterocycles. The first-order valence-corrected chi connectivity index (χ1v) is 6.55. The second kappa shape index (κ2) is 6.61. The molecule has 0 bridgehead atoms. The first-order chi connectivity index (χ1) is 7.99. The van der Waals surface area contributed by atoms with E-state index >= 15 is 0 Å². The summed E-state index contributed by atoms with van der Waals surface area (Å²) in [7, 11) is 1.57. The van der Waals surface area contributed by atoms with Gasteiger partial charge in [0.15, 0.2) is 0 Å². The monoisotopic (exact) mass is 320 g/mol. The Hall–Kier alpha value is -1.08. The summed E-state index contributed by atoms with van der Waals surface area (Å²) in [4.78, 5) is 24.3. The van der Waals surface area contributed by atoms with Crippen LogP contribution in [0, 0.1) is 0 Å². The molecule has 2 N–H and O–H groups in total. The van der Waals surface area contributed by atoms with Crippen molar-refractivity contribution in [2.24, 2.45) is 0 Å². The van der Waals surface area contributed by atoms with Crippen LogP contribution in [0.15, 0.2) is 15.9 Å². The van der Waals surface area contributed by atoms with E-state index in [2.05, 4.69) is 21.2 Å². The number of hydrogen-bond acceptors (Lipinski definition) is 3. The number of amides is 2. The Labute approximate surface area is 112 Å². The Morgan fingerprint density at radius 2 is 2.24 bits per heavy atom. The van der Waals surface area contributed by atoms with Crippen molar-refractivity contribution in [1.82, 2.24) is 10.2 Å². The minimum Gasteiger partial charge on any atom is -0.481 e. The number of aliphatic carboxylic acids is 1. The summed E-state index contributed by atoms with van der Waals surface area (Å²) in [6.45, 7) is 0.655. The second-order valence-corrected chi connectivity index (χ2v) is 5.98. The van der Waals surface area contributed by atoms with Gasteiger partial charge in [-0.1, -0.05) is 0 Å². The maximum Gasteiger partial charge on any atom is 0.317 e. The van der Waals surface area contributed by atoms with E-state index in [9.17, 15) is 9.59 Å². The predicted octanol–water partition coefficient (Wildman–Crippen LogP) is 2.13. The minimum atomic E-state index is -0.910. The fourth-order valence-electron chi connectivity index (χ4n) is 1.11. The third-order valence-electron chi connectivity index (χ3n) is 2.05. The highest BCUT2D eigenvalue weighted by molar-refractivity contribution is 9.11. The van der Waals surface area contributed by atoms with Crippen molar-refractivity contribution >= 4 is 39.3 Å². The molecule has 0 aliphatic carbocycles. The van der Waals surface area contributed by atoms with Gasteiger partial charge in [0.1, 0.15) is 0 Å². The molecule has 1 heterocycles. The molecule has 0 spiro atoms. The van der Waals surface area contributed by atoms with Crippen molar-refractivity contribution in [3.63, 3.8) is 0 Å². The number of hydrogen-bond donors (Lipinski definition) is 2. The molecule has 0 aromatic carbocycles. The largest absolute Gasteiger partial charge is 0.481 e. The van der Waals surface area contributed by atoms with Gasteiger partial charge in [-0.05, 0) is 28.1 Å². The molecule has 0 fully saturated rings. The van der Waals surface area contributed by atoms with Crippen molar-refractivity contribution in [3.8, 4) is 0 Å². The van der Waals surface area contributed by atoms with Crippen LogP contribution in [0.1, 0.15) is 11.3 Å². The number of nitrogens with one attached hydrogen (secondary N) is 1. The summed E-state index contributed by atoms with van der Waals surface area (Å²) in [5.41, 5.74) is 0. The maximum atomic E-state index is 11.6. The molecule has 0 aliphatic rings. The Morgan fingerprint density at radius 3 is 2.76 bits per heavy atom. The molecule has 1 rings (SSSR count). The summed E-state index contributed by atoms with van der Waals surface area (Å²) >= 11 is 4.89. The van der Waals surface area contributed by atoms with Crippen LogP contribution in [0.3, 0.4) is 0 Å². The number of nitrogens with zero attached hydrogens (tertiary/aromatic N) is 1. The topological polar surface area (TPSA) is 69.6 Å². The molecule has 94 valence electrons. The molecule has 0 atom stereocenters. The lowest BCUT2D eigenvalue weighted by molar-refractivity contribution is -0.137. The van der Waals surface area contributed by atoms with E-state index in [0.717, 1.165) is 8.66 Å². The SMILES string of the molecule is CN(CCC(=O)O)C(=O)NCc1ccc(Br)s1. The Kier molecular flexibility index (Phi) is 5.43. The van der Waals surface area contributed by atoms with Crippen molar-refractivity contribution in [3.05, 3.63) is 20.8 Å². The molecule has 2 amide bonds. The molecular formula is C10H13BrN2O3S. The van der Waals surface area contributed by atoms with Gasteiger partial charge in [0, 0.05) is 18.5 Å². The van der Waals surface area contributed by atoms with Gasteiger partial charge in [-0.15, -0.1) is 11.3 Å². The summed E-state index contributed by atoms with van der Waals surface area (Å²) < 4.78 is 1.01. The van der Waals surface area contributed by atoms with E-state index < -0.39 is 5.97 Å². The molecule has 5 nitrogen and oxygen atoms in total. The first kappa shape index (κ1) is 14.0. The third-order valence-corrected chi connectivity index (χ3v) is 3.67. The number of urea groups is 1. The highest BCUT2D eigenvalue weighted by Gasteiger charge is 2.09. The lowest BCUT2D eigenvalue weighted by atomic mass is 10.4. The Balaban J connectivity index is 2.31. The van der Waals surface area contributed by atoms with Gasteiger partial charge < -0.3 is 15.3 Å². The van der Waals surface area contributed by atoms with Crippen molar-refractivity contribution in [2.75, 3.05) is 13.6 Å². The minimum absolute atomic E-state index is 0.0472. The maximum absolute atomic E-state index is 11.6. The van der Waals surface area contributed by atoms with Gasteiger partial charge in [-0.2, -0.15) is 0 Å². The number of carbonyl (C=O) groups is 2. The Bertz CT molecular complexity index is 408. The molecular weight excluding hydrogens is 308 g/mol. The highest BCUT2D eigenvalue weighted by atomic mass is 79.9. The van der Waals surface area contributed by atoms with Crippen LogP contribution in [0.5, 0.6) is 0 Å². The second-order valence-electron chi connectivity index (χ2n) is 3.43. The molecule has 0 radical (unpaired) electrons. The number of carboxylic acid groups (broad SMARTS) is 1. The molecule has 17 heavy (non-hydrogen) atoms. The van der Waals surface area contributed by atoms with Gasteiger partial charge in [0.25, 0.3) is 0 Å². The zero-order valence-electron chi connectivity index (χ0n) is 9.27. The molecule has 0 saturated carbocycles. The number of rotatable bonds is 5. The Morgan fingerprint density at radius 1 is 1.53 bits per heavy atom. The van der Waals surface area contributed by atoms with Crippen molar-refractivity contribution < 1.29 is 14.7 Å². The predicted molar refractivity (Wildman–Crippen MR) is 69.1 cm³/mol. The highest BCUT2D eigenvalue weighted by Crippen LogP contribution is 2.21. The van der Waals surface area contributed by atoms with E-state index in [1.807, 2.05) is 12.1 Å². The fourth-order valence-corrected chi connectivity index (χ4v) is 2.53. The van der Waals surface area contributed by atoms with E-state index in [-0.39, 0.29) is 19.0 Å². The van der Waals surface area contributed by atoms with Crippen LogP contribution >= 0.6 is 27.3 Å². The molecule has 0 unspecified atom stereocenters. The van der Waals surface area contributed by atoms with Crippen LogP contribution in [-0.2, 0) is 11.3 Å². The summed E-state index contributed by atoms with van der Waals surface area (Å²) in [5, 5.41) is 11.2. The number of halogens is 1. The van der Waals surface area contributed by atoms with Gasteiger partial charge >= 0.3 is 12.0 Å². The van der Waals surface area contributed by atoms with Gasteiger partial charge in [0.05, 0.1) is 16.8 Å². The van der Waals surface area contributed by atoms with Gasteiger partial charge in [-0.3, -0.25) is 4.79 Å². The van der Waals surface area contributed by atoms with E-state index in [1.165, 1.54) is 4.90 Å². The molecule has 1 aromatic rings. The van der Waals surface area contributed by atoms with Crippen molar-refractivity contribution in [1.29, 1.82) is 0 Å². The smallest absolute Gasteiger partial charge is 0.317 e. The third kappa shape index (κ3) is 5.18. The quantitative estimate of drug-likeness (QED) is 0.873. The number of carbonyl (C=O) groups excluding carboxylic acids is 1. The lowest BCUT2D eigenvalue weighted by Gasteiger charge is -2.16. The fraction of sp³-hybridized carbons (Fsp3) is 0.400. The summed E-state index contributed by atoms with van der Waals surface area (Å²) in [6.07, 6.45) is -0.0472. The lowest BCUT2D eigenvalue weighted by Crippen LogP contribution is -2.37. The van der Waals surface area contributed by atoms with Gasteiger partial charge in [0.2, 0.25) is 0 Å². The summed E-state index contributed by atoms with van der Waals surface area (Å²) in [6, 6.07) is 3.57. The molecule has 7 heteroatoms. The average molecular weight is 321 g/mol. The summed E-state index contributed by atoms with van der Waals surface area (Å²) in [5.74, 6) is -0.910. The number of thiophene rings is 1. The number of carboxylic acids is 1. The molecule has 1 aromatic heterocycles. The normalized spacial score (nSPS) is 10.0. The van der Waals surface area contributed by atoms with E-state index in [0.29, 0.717) is 6.54 Å². The van der Waals surface area contributed by atoms with Crippen LogP contribution < -0.4 is 5.32 Å². The van der Waals surface area contributed by atoms with Crippen molar-refractivity contribution in [2.45, 2.75) is 13.0 Å². The van der Waals surface area contributed by atoms with Crippen LogP contribution in [0.4, 0.5) is 4.79 Å². The van der Waals surface area contributed by atoms with E-state index in [4.69, 9.17) is 5.11 Å². The zero-order valence-corrected chi connectivity index (χ0v) is 11.7. The first-order valence-electron chi connectivity index (χ1n) is 4.94.